The fourth-order valence-electron chi connectivity index (χ4n) is 1.86. The summed E-state index contributed by atoms with van der Waals surface area (Å²) in [4.78, 5) is 24.9. The summed E-state index contributed by atoms with van der Waals surface area (Å²) in [5.74, 6) is -1.04. The number of hydrogen-bond donors (Lipinski definition) is 3. The minimum absolute atomic E-state index is 0.265. The molecular formula is C15H23N3O3. The predicted octanol–water partition coefficient (Wildman–Crippen LogP) is 0.933. The molecule has 3 N–H and O–H groups in total. The smallest absolute Gasteiger partial charge is 0.326 e. The number of carboxylic acid groups (broad SMARTS) is 1. The Morgan fingerprint density at radius 1 is 1.24 bits per heavy atom. The summed E-state index contributed by atoms with van der Waals surface area (Å²) in [5, 5.41) is 14.3. The van der Waals surface area contributed by atoms with Crippen LogP contribution in [0.5, 0.6) is 0 Å². The number of benzene rings is 1. The van der Waals surface area contributed by atoms with Crippen LogP contribution in [0.2, 0.25) is 0 Å². The van der Waals surface area contributed by atoms with Crippen molar-refractivity contribution in [1.82, 2.24) is 15.5 Å². The maximum Gasteiger partial charge on any atom is 0.326 e. The molecule has 6 nitrogen and oxygen atoms in total. The van der Waals surface area contributed by atoms with Crippen molar-refractivity contribution in [2.75, 3.05) is 27.2 Å². The predicted molar refractivity (Wildman–Crippen MR) is 81.3 cm³/mol. The second kappa shape index (κ2) is 8.97. The number of carboxylic acids is 1. The molecule has 1 unspecified atom stereocenters. The highest BCUT2D eigenvalue weighted by atomic mass is 16.4. The van der Waals surface area contributed by atoms with Crippen molar-refractivity contribution < 1.29 is 14.7 Å². The van der Waals surface area contributed by atoms with Gasteiger partial charge in [0.1, 0.15) is 6.04 Å². The zero-order chi connectivity index (χ0) is 15.7. The monoisotopic (exact) mass is 293 g/mol. The number of nitrogens with one attached hydrogen (secondary N) is 2. The van der Waals surface area contributed by atoms with Gasteiger partial charge in [-0.2, -0.15) is 0 Å². The van der Waals surface area contributed by atoms with Crippen LogP contribution in [-0.4, -0.2) is 55.2 Å². The number of nitrogens with zero attached hydrogens (tertiary/aromatic N) is 1. The second-order valence-electron chi connectivity index (χ2n) is 5.14. The standard InChI is InChI=1S/C15H23N3O3/c1-18(2)10-6-9-16-15(21)17-13(14(19)20)11-12-7-4-3-5-8-12/h3-5,7-8,13H,6,9-11H2,1-2H3,(H,19,20)(H2,16,17,21). The molecule has 1 rings (SSSR count). The van der Waals surface area contributed by atoms with Crippen LogP contribution in [-0.2, 0) is 11.2 Å². The lowest BCUT2D eigenvalue weighted by Gasteiger charge is -2.16. The lowest BCUT2D eigenvalue weighted by atomic mass is 10.1. The van der Waals surface area contributed by atoms with E-state index in [0.717, 1.165) is 18.5 Å². The van der Waals surface area contributed by atoms with Gasteiger partial charge in [0.05, 0.1) is 0 Å². The molecule has 0 saturated heterocycles. The van der Waals surface area contributed by atoms with Gasteiger partial charge in [-0.1, -0.05) is 30.3 Å². The summed E-state index contributed by atoms with van der Waals surface area (Å²) in [5.41, 5.74) is 0.873. The first kappa shape index (κ1) is 17.0. The van der Waals surface area contributed by atoms with Gasteiger partial charge in [0.2, 0.25) is 0 Å². The van der Waals surface area contributed by atoms with Crippen LogP contribution in [0.1, 0.15) is 12.0 Å². The maximum atomic E-state index is 11.7. The van der Waals surface area contributed by atoms with Crippen molar-refractivity contribution in [1.29, 1.82) is 0 Å². The first-order valence-corrected chi connectivity index (χ1v) is 6.95. The number of aliphatic carboxylic acids is 1. The van der Waals surface area contributed by atoms with Gasteiger partial charge in [-0.05, 0) is 32.6 Å². The number of carbonyl (C=O) groups excluding carboxylic acids is 1. The summed E-state index contributed by atoms with van der Waals surface area (Å²) in [6.07, 6.45) is 1.08. The van der Waals surface area contributed by atoms with Crippen LogP contribution >= 0.6 is 0 Å². The van der Waals surface area contributed by atoms with Gasteiger partial charge < -0.3 is 20.6 Å². The Bertz CT molecular complexity index is 449. The van der Waals surface area contributed by atoms with E-state index in [1.807, 2.05) is 49.3 Å². The van der Waals surface area contributed by atoms with Crippen molar-refractivity contribution >= 4 is 12.0 Å². The lowest BCUT2D eigenvalue weighted by Crippen LogP contribution is -2.47. The molecule has 1 atom stereocenters. The summed E-state index contributed by atoms with van der Waals surface area (Å²) in [6.45, 7) is 1.38. The average molecular weight is 293 g/mol. The van der Waals surface area contributed by atoms with Gasteiger partial charge in [0, 0.05) is 13.0 Å². The number of carbonyl (C=O) groups is 2. The van der Waals surface area contributed by atoms with Gasteiger partial charge in [0.25, 0.3) is 0 Å². The summed E-state index contributed by atoms with van der Waals surface area (Å²) in [6, 6.07) is 7.85. The lowest BCUT2D eigenvalue weighted by molar-refractivity contribution is -0.139. The van der Waals surface area contributed by atoms with Crippen molar-refractivity contribution in [2.45, 2.75) is 18.9 Å². The van der Waals surface area contributed by atoms with E-state index in [-0.39, 0.29) is 6.42 Å². The SMILES string of the molecule is CN(C)CCCNC(=O)NC(Cc1ccccc1)C(=O)O. The topological polar surface area (TPSA) is 81.7 Å². The number of rotatable bonds is 8. The molecule has 6 heteroatoms. The molecular weight excluding hydrogens is 270 g/mol. The summed E-state index contributed by atoms with van der Waals surface area (Å²) < 4.78 is 0. The van der Waals surface area contributed by atoms with Gasteiger partial charge >= 0.3 is 12.0 Å². The number of hydrogen-bond acceptors (Lipinski definition) is 3. The van der Waals surface area contributed by atoms with Crippen LogP contribution in [0.15, 0.2) is 30.3 Å². The minimum atomic E-state index is -1.04. The van der Waals surface area contributed by atoms with Crippen LogP contribution in [0, 0.1) is 0 Å². The third-order valence-electron chi connectivity index (χ3n) is 2.95. The molecule has 0 aliphatic heterocycles. The molecule has 0 fully saturated rings. The summed E-state index contributed by atoms with van der Waals surface area (Å²) >= 11 is 0. The maximum absolute atomic E-state index is 11.7. The van der Waals surface area contributed by atoms with Crippen molar-refractivity contribution in [3.8, 4) is 0 Å². The van der Waals surface area contributed by atoms with E-state index >= 15 is 0 Å². The van der Waals surface area contributed by atoms with Crippen molar-refractivity contribution in [3.05, 3.63) is 35.9 Å². The molecule has 2 amide bonds. The highest BCUT2D eigenvalue weighted by Gasteiger charge is 2.19. The Kier molecular flexibility index (Phi) is 7.25. The van der Waals surface area contributed by atoms with Crippen LogP contribution in [0.3, 0.4) is 0 Å². The Morgan fingerprint density at radius 2 is 1.90 bits per heavy atom. The first-order valence-electron chi connectivity index (χ1n) is 6.95. The fraction of sp³-hybridized carbons (Fsp3) is 0.467. The van der Waals surface area contributed by atoms with E-state index in [9.17, 15) is 14.7 Å². The average Bonchev–Trinajstić information content (AvgIpc) is 2.44. The molecule has 0 radical (unpaired) electrons. The molecule has 21 heavy (non-hydrogen) atoms. The normalized spacial score (nSPS) is 12.0. The summed E-state index contributed by atoms with van der Waals surface area (Å²) in [7, 11) is 3.92. The molecule has 0 aliphatic rings. The Labute approximate surface area is 125 Å². The molecule has 0 aromatic heterocycles. The van der Waals surface area contributed by atoms with E-state index in [1.54, 1.807) is 0 Å². The fourth-order valence-corrected chi connectivity index (χ4v) is 1.86. The zero-order valence-corrected chi connectivity index (χ0v) is 12.5. The molecule has 0 spiro atoms. The van der Waals surface area contributed by atoms with Crippen LogP contribution < -0.4 is 10.6 Å². The van der Waals surface area contributed by atoms with Crippen molar-refractivity contribution in [3.63, 3.8) is 0 Å². The quantitative estimate of drug-likeness (QED) is 0.623. The van der Waals surface area contributed by atoms with Gasteiger partial charge in [-0.25, -0.2) is 9.59 Å². The minimum Gasteiger partial charge on any atom is -0.480 e. The van der Waals surface area contributed by atoms with Gasteiger partial charge in [-0.15, -0.1) is 0 Å². The highest BCUT2D eigenvalue weighted by Crippen LogP contribution is 2.03. The van der Waals surface area contributed by atoms with E-state index in [4.69, 9.17) is 0 Å². The van der Waals surface area contributed by atoms with E-state index in [0.29, 0.717) is 6.54 Å². The zero-order valence-electron chi connectivity index (χ0n) is 12.5. The van der Waals surface area contributed by atoms with E-state index in [2.05, 4.69) is 10.6 Å². The van der Waals surface area contributed by atoms with Gasteiger partial charge in [0.15, 0.2) is 0 Å². The number of amides is 2. The Morgan fingerprint density at radius 3 is 2.48 bits per heavy atom. The number of urea groups is 1. The van der Waals surface area contributed by atoms with Crippen LogP contribution in [0.4, 0.5) is 4.79 Å². The molecule has 0 aliphatic carbocycles. The first-order chi connectivity index (χ1) is 9.99. The van der Waals surface area contributed by atoms with Crippen molar-refractivity contribution in [2.24, 2.45) is 0 Å². The van der Waals surface area contributed by atoms with E-state index < -0.39 is 18.0 Å². The molecule has 0 heterocycles. The molecule has 0 saturated carbocycles. The Hall–Kier alpha value is -2.08. The van der Waals surface area contributed by atoms with Crippen LogP contribution in [0.25, 0.3) is 0 Å². The third kappa shape index (κ3) is 7.31. The molecule has 1 aromatic rings. The second-order valence-corrected chi connectivity index (χ2v) is 5.14. The Balaban J connectivity index is 2.40. The molecule has 116 valence electrons. The third-order valence-corrected chi connectivity index (χ3v) is 2.95. The van der Waals surface area contributed by atoms with E-state index in [1.165, 1.54) is 0 Å². The molecule has 0 bridgehead atoms. The van der Waals surface area contributed by atoms with Gasteiger partial charge in [-0.3, -0.25) is 0 Å². The highest BCUT2D eigenvalue weighted by molar-refractivity contribution is 5.82. The molecule has 1 aromatic carbocycles. The largest absolute Gasteiger partial charge is 0.480 e.